The molecule has 0 fully saturated rings. The molecule has 1 aromatic rings. The average molecular weight is 193 g/mol. The molecule has 0 bridgehead atoms. The summed E-state index contributed by atoms with van der Waals surface area (Å²) < 4.78 is 5.67. The highest BCUT2D eigenvalue weighted by Crippen LogP contribution is 2.11. The maximum atomic E-state index is 5.67. The lowest BCUT2D eigenvalue weighted by Crippen LogP contribution is -2.23. The molecule has 0 saturated carbocycles. The van der Waals surface area contributed by atoms with E-state index in [9.17, 15) is 0 Å². The summed E-state index contributed by atoms with van der Waals surface area (Å²) >= 11 is 0. The van der Waals surface area contributed by atoms with Crippen molar-refractivity contribution in [3.05, 3.63) is 30.3 Å². The SMILES string of the molecule is CC(C)(C)CO[SiH]c1ccccc1. The molecule has 0 spiro atoms. The second kappa shape index (κ2) is 4.58. The van der Waals surface area contributed by atoms with Crippen molar-refractivity contribution in [3.63, 3.8) is 0 Å². The van der Waals surface area contributed by atoms with Gasteiger partial charge in [0.05, 0.1) is 0 Å². The van der Waals surface area contributed by atoms with Crippen molar-refractivity contribution in [1.82, 2.24) is 0 Å². The molecule has 0 heterocycles. The van der Waals surface area contributed by atoms with Crippen LogP contribution in [0.3, 0.4) is 0 Å². The summed E-state index contributed by atoms with van der Waals surface area (Å²) in [6.45, 7) is 7.42. The lowest BCUT2D eigenvalue weighted by atomic mass is 9.99. The van der Waals surface area contributed by atoms with E-state index in [-0.39, 0.29) is 15.2 Å². The van der Waals surface area contributed by atoms with Crippen LogP contribution >= 0.6 is 0 Å². The first kappa shape index (κ1) is 10.5. The van der Waals surface area contributed by atoms with Crippen LogP contribution in [0, 0.1) is 5.41 Å². The van der Waals surface area contributed by atoms with Gasteiger partial charge in [0.1, 0.15) is 0 Å². The van der Waals surface area contributed by atoms with E-state index in [1.54, 1.807) is 0 Å². The van der Waals surface area contributed by atoms with E-state index in [1.165, 1.54) is 5.19 Å². The Morgan fingerprint density at radius 2 is 1.77 bits per heavy atom. The van der Waals surface area contributed by atoms with Gasteiger partial charge in [-0.15, -0.1) is 0 Å². The van der Waals surface area contributed by atoms with Gasteiger partial charge in [0, 0.05) is 6.61 Å². The summed E-state index contributed by atoms with van der Waals surface area (Å²) in [4.78, 5) is 0. The van der Waals surface area contributed by atoms with Crippen LogP contribution in [0.15, 0.2) is 30.3 Å². The maximum Gasteiger partial charge on any atom is 0.227 e. The third-order valence-corrected chi connectivity index (χ3v) is 2.53. The molecule has 0 amide bonds. The highest BCUT2D eigenvalue weighted by atomic mass is 28.2. The molecule has 0 atom stereocenters. The molecule has 1 aromatic carbocycles. The van der Waals surface area contributed by atoms with Gasteiger partial charge in [0.15, 0.2) is 0 Å². The van der Waals surface area contributed by atoms with E-state index in [2.05, 4.69) is 45.0 Å². The predicted octanol–water partition coefficient (Wildman–Crippen LogP) is 1.73. The zero-order valence-corrected chi connectivity index (χ0v) is 9.73. The second-order valence-corrected chi connectivity index (χ2v) is 5.64. The van der Waals surface area contributed by atoms with Gasteiger partial charge >= 0.3 is 0 Å². The quantitative estimate of drug-likeness (QED) is 0.664. The molecule has 13 heavy (non-hydrogen) atoms. The fraction of sp³-hybridized carbons (Fsp3) is 0.455. The summed E-state index contributed by atoms with van der Waals surface area (Å²) in [5.74, 6) is 0. The fourth-order valence-corrected chi connectivity index (χ4v) is 2.07. The molecule has 0 aliphatic rings. The van der Waals surface area contributed by atoms with Gasteiger partial charge in [-0.25, -0.2) is 0 Å². The van der Waals surface area contributed by atoms with Gasteiger partial charge < -0.3 is 4.43 Å². The smallest absolute Gasteiger partial charge is 0.227 e. The lowest BCUT2D eigenvalue weighted by molar-refractivity contribution is 0.209. The van der Waals surface area contributed by atoms with Crippen LogP contribution in [-0.2, 0) is 4.43 Å². The summed E-state index contributed by atoms with van der Waals surface area (Å²) in [6, 6.07) is 10.4. The van der Waals surface area contributed by atoms with E-state index < -0.39 is 0 Å². The Balaban J connectivity index is 2.29. The Hall–Kier alpha value is -0.603. The Labute approximate surface area is 83.1 Å². The minimum Gasteiger partial charge on any atom is -0.415 e. The van der Waals surface area contributed by atoms with Crippen molar-refractivity contribution in [2.45, 2.75) is 20.8 Å². The highest BCUT2D eigenvalue weighted by molar-refractivity contribution is 6.46. The van der Waals surface area contributed by atoms with Gasteiger partial charge in [-0.05, 0) is 10.6 Å². The number of benzene rings is 1. The number of hydrogen-bond acceptors (Lipinski definition) is 1. The van der Waals surface area contributed by atoms with E-state index in [0.717, 1.165) is 6.61 Å². The molecule has 1 radical (unpaired) electrons. The minimum atomic E-state index is -0.00660. The second-order valence-electron chi connectivity index (χ2n) is 4.40. The average Bonchev–Trinajstić information content (AvgIpc) is 2.04. The molecule has 0 saturated heterocycles. The molecule has 2 heteroatoms. The van der Waals surface area contributed by atoms with Crippen LogP contribution in [0.4, 0.5) is 0 Å². The van der Waals surface area contributed by atoms with Crippen molar-refractivity contribution in [3.8, 4) is 0 Å². The molecule has 0 aliphatic carbocycles. The van der Waals surface area contributed by atoms with Crippen LogP contribution in [0.2, 0.25) is 0 Å². The number of hydrogen-bond donors (Lipinski definition) is 0. The molecule has 0 N–H and O–H groups in total. The largest absolute Gasteiger partial charge is 0.415 e. The van der Waals surface area contributed by atoms with Gasteiger partial charge in [-0.1, -0.05) is 51.1 Å². The van der Waals surface area contributed by atoms with Crippen LogP contribution in [0.1, 0.15) is 20.8 Å². The van der Waals surface area contributed by atoms with Crippen molar-refractivity contribution in [2.75, 3.05) is 6.61 Å². The van der Waals surface area contributed by atoms with E-state index >= 15 is 0 Å². The first-order valence-electron chi connectivity index (χ1n) is 4.58. The Bertz CT molecular complexity index is 238. The zero-order valence-electron chi connectivity index (χ0n) is 8.58. The number of rotatable bonds is 3. The van der Waals surface area contributed by atoms with Crippen molar-refractivity contribution < 1.29 is 4.43 Å². The van der Waals surface area contributed by atoms with E-state index in [4.69, 9.17) is 4.43 Å². The van der Waals surface area contributed by atoms with Crippen LogP contribution in [0.25, 0.3) is 0 Å². The first-order chi connectivity index (χ1) is 6.08. The standard InChI is InChI=1S/C11H17OSi/c1-11(2,3)9-12-13-10-7-5-4-6-8-10/h4-8,13H,9H2,1-3H3. The predicted molar refractivity (Wildman–Crippen MR) is 58.6 cm³/mol. The van der Waals surface area contributed by atoms with Crippen molar-refractivity contribution in [1.29, 1.82) is 0 Å². The van der Waals surface area contributed by atoms with Gasteiger partial charge in [-0.3, -0.25) is 0 Å². The summed E-state index contributed by atoms with van der Waals surface area (Å²) in [5.41, 5.74) is 0.280. The molecule has 0 aromatic heterocycles. The Kier molecular flexibility index (Phi) is 3.69. The van der Waals surface area contributed by atoms with Crippen molar-refractivity contribution >= 4 is 14.9 Å². The van der Waals surface area contributed by atoms with Crippen LogP contribution < -0.4 is 5.19 Å². The van der Waals surface area contributed by atoms with E-state index in [0.29, 0.717) is 0 Å². The first-order valence-corrected chi connectivity index (χ1v) is 5.63. The minimum absolute atomic E-state index is 0.00660. The summed E-state index contributed by atoms with van der Waals surface area (Å²) in [7, 11) is -0.00660. The molecule has 0 unspecified atom stereocenters. The Morgan fingerprint density at radius 1 is 1.15 bits per heavy atom. The summed E-state index contributed by atoms with van der Waals surface area (Å²) in [5, 5.41) is 1.33. The van der Waals surface area contributed by atoms with Gasteiger partial charge in [0.2, 0.25) is 9.76 Å². The fourth-order valence-electron chi connectivity index (χ4n) is 0.919. The topological polar surface area (TPSA) is 9.23 Å². The maximum absolute atomic E-state index is 5.67. The molecule has 1 rings (SSSR count). The molecular weight excluding hydrogens is 176 g/mol. The van der Waals surface area contributed by atoms with Crippen LogP contribution in [-0.4, -0.2) is 16.4 Å². The summed E-state index contributed by atoms with van der Waals surface area (Å²) in [6.07, 6.45) is 0. The zero-order chi connectivity index (χ0) is 9.73. The normalized spacial score (nSPS) is 11.6. The molecule has 0 aliphatic heterocycles. The highest BCUT2D eigenvalue weighted by Gasteiger charge is 2.09. The monoisotopic (exact) mass is 193 g/mol. The lowest BCUT2D eigenvalue weighted by Gasteiger charge is -2.17. The third kappa shape index (κ3) is 4.86. The van der Waals surface area contributed by atoms with Gasteiger partial charge in [0.25, 0.3) is 0 Å². The molecule has 1 nitrogen and oxygen atoms in total. The third-order valence-electron chi connectivity index (χ3n) is 1.54. The van der Waals surface area contributed by atoms with Crippen molar-refractivity contribution in [2.24, 2.45) is 5.41 Å². The van der Waals surface area contributed by atoms with Gasteiger partial charge in [-0.2, -0.15) is 0 Å². The van der Waals surface area contributed by atoms with Crippen LogP contribution in [0.5, 0.6) is 0 Å². The molecular formula is C11H17OSi. The van der Waals surface area contributed by atoms with E-state index in [1.807, 2.05) is 6.07 Å². The Morgan fingerprint density at radius 3 is 2.31 bits per heavy atom. The molecule has 71 valence electrons.